The fourth-order valence-electron chi connectivity index (χ4n) is 2.22. The smallest absolute Gasteiger partial charge is 0.281 e. The minimum Gasteiger partial charge on any atom is -0.483 e. The van der Waals surface area contributed by atoms with Crippen molar-refractivity contribution in [1.82, 2.24) is 13.5 Å². The van der Waals surface area contributed by atoms with Crippen LogP contribution in [0, 0.1) is 0 Å². The number of carbonyl (C=O) groups is 1. The van der Waals surface area contributed by atoms with Gasteiger partial charge in [0, 0.05) is 45.3 Å². The molecule has 0 atom stereocenters. The number of amides is 1. The summed E-state index contributed by atoms with van der Waals surface area (Å²) in [5.41, 5.74) is 0. The number of nitrogens with zero attached hydrogens (tertiary/aromatic N) is 3. The van der Waals surface area contributed by atoms with E-state index in [0.29, 0.717) is 28.3 Å². The molecule has 10 heteroatoms. The number of hydrogen-bond donors (Lipinski definition) is 0. The third kappa shape index (κ3) is 4.60. The maximum absolute atomic E-state index is 12.2. The summed E-state index contributed by atoms with van der Waals surface area (Å²) < 4.78 is 32.8. The predicted molar refractivity (Wildman–Crippen MR) is 95.4 cm³/mol. The van der Waals surface area contributed by atoms with E-state index in [0.717, 1.165) is 0 Å². The first-order valence-electron chi connectivity index (χ1n) is 7.25. The molecule has 1 heterocycles. The number of piperazine rings is 1. The average Bonchev–Trinajstić information content (AvgIpc) is 2.53. The maximum atomic E-state index is 12.2. The Kier molecular flexibility index (Phi) is 6.49. The summed E-state index contributed by atoms with van der Waals surface area (Å²) in [7, 11) is -0.454. The maximum Gasteiger partial charge on any atom is 0.281 e. The van der Waals surface area contributed by atoms with Gasteiger partial charge in [-0.3, -0.25) is 4.79 Å². The number of benzene rings is 1. The molecule has 1 aromatic carbocycles. The fraction of sp³-hybridized carbons (Fsp3) is 0.500. The van der Waals surface area contributed by atoms with E-state index in [1.165, 1.54) is 22.7 Å². The Morgan fingerprint density at radius 3 is 2.46 bits per heavy atom. The Bertz CT molecular complexity index is 706. The lowest BCUT2D eigenvalue weighted by Gasteiger charge is -2.35. The van der Waals surface area contributed by atoms with Crippen LogP contribution in [0.2, 0.25) is 5.02 Å². The molecule has 7 nitrogen and oxygen atoms in total. The van der Waals surface area contributed by atoms with E-state index in [4.69, 9.17) is 16.3 Å². The van der Waals surface area contributed by atoms with E-state index < -0.39 is 10.2 Å². The Hall–Kier alpha value is -0.870. The molecule has 1 fully saturated rings. The van der Waals surface area contributed by atoms with E-state index in [2.05, 4.69) is 15.9 Å². The van der Waals surface area contributed by atoms with Gasteiger partial charge in [-0.2, -0.15) is 17.0 Å². The van der Waals surface area contributed by atoms with Crippen LogP contribution in [-0.2, 0) is 15.0 Å². The molecule has 0 saturated carbocycles. The van der Waals surface area contributed by atoms with Crippen molar-refractivity contribution in [3.8, 4) is 5.75 Å². The number of carbonyl (C=O) groups excluding carboxylic acids is 1. The number of halogens is 2. The first-order valence-corrected chi connectivity index (χ1v) is 9.82. The quantitative estimate of drug-likeness (QED) is 0.694. The van der Waals surface area contributed by atoms with Gasteiger partial charge in [-0.15, -0.1) is 0 Å². The normalized spacial score (nSPS) is 16.5. The van der Waals surface area contributed by atoms with Crippen LogP contribution in [0.5, 0.6) is 5.75 Å². The van der Waals surface area contributed by atoms with Crippen LogP contribution >= 0.6 is 27.5 Å². The van der Waals surface area contributed by atoms with Gasteiger partial charge in [0.1, 0.15) is 5.75 Å². The third-order valence-corrected chi connectivity index (χ3v) is 6.42. The second-order valence-corrected chi connectivity index (χ2v) is 8.87. The van der Waals surface area contributed by atoms with Crippen LogP contribution in [0.15, 0.2) is 22.7 Å². The van der Waals surface area contributed by atoms with Crippen LogP contribution in [0.25, 0.3) is 0 Å². The molecule has 2 rings (SSSR count). The van der Waals surface area contributed by atoms with Crippen LogP contribution in [0.4, 0.5) is 0 Å². The molecule has 0 bridgehead atoms. The lowest BCUT2D eigenvalue weighted by Crippen LogP contribution is -2.53. The highest BCUT2D eigenvalue weighted by molar-refractivity contribution is 9.10. The molecule has 1 amide bonds. The van der Waals surface area contributed by atoms with Crippen LogP contribution in [-0.4, -0.2) is 74.7 Å². The van der Waals surface area contributed by atoms with Crippen molar-refractivity contribution >= 4 is 43.6 Å². The standard InChI is InChI=1S/C14H19BrClN3O4S/c1-17(2)24(21,22)19-7-5-18(6-8-19)14(20)10-23-13-4-3-11(16)9-12(13)15/h3-4,9H,5-8,10H2,1-2H3. The van der Waals surface area contributed by atoms with Crippen molar-refractivity contribution in [3.63, 3.8) is 0 Å². The topological polar surface area (TPSA) is 70.2 Å². The Morgan fingerprint density at radius 1 is 1.29 bits per heavy atom. The summed E-state index contributed by atoms with van der Waals surface area (Å²) in [5.74, 6) is 0.348. The molecule has 0 aliphatic carbocycles. The highest BCUT2D eigenvalue weighted by Gasteiger charge is 2.30. The highest BCUT2D eigenvalue weighted by atomic mass is 79.9. The van der Waals surface area contributed by atoms with Crippen molar-refractivity contribution in [3.05, 3.63) is 27.7 Å². The fourth-order valence-corrected chi connectivity index (χ4v) is 4.11. The highest BCUT2D eigenvalue weighted by Crippen LogP contribution is 2.28. The van der Waals surface area contributed by atoms with Gasteiger partial charge < -0.3 is 9.64 Å². The lowest BCUT2D eigenvalue weighted by atomic mass is 10.3. The molecule has 0 radical (unpaired) electrons. The van der Waals surface area contributed by atoms with Gasteiger partial charge >= 0.3 is 0 Å². The number of rotatable bonds is 5. The molecule has 0 spiro atoms. The third-order valence-electron chi connectivity index (χ3n) is 3.62. The van der Waals surface area contributed by atoms with E-state index in [1.807, 2.05) is 0 Å². The van der Waals surface area contributed by atoms with Gasteiger partial charge in [0.15, 0.2) is 6.61 Å². The summed E-state index contributed by atoms with van der Waals surface area (Å²) >= 11 is 9.18. The molecule has 0 unspecified atom stereocenters. The Balaban J connectivity index is 1.87. The van der Waals surface area contributed by atoms with Gasteiger partial charge in [0.2, 0.25) is 0 Å². The summed E-state index contributed by atoms with van der Waals surface area (Å²) in [6.45, 7) is 1.13. The molecule has 1 saturated heterocycles. The van der Waals surface area contributed by atoms with Gasteiger partial charge in [0.05, 0.1) is 4.47 Å². The summed E-state index contributed by atoms with van der Waals surface area (Å²) in [6, 6.07) is 5.05. The summed E-state index contributed by atoms with van der Waals surface area (Å²) in [6.07, 6.45) is 0. The summed E-state index contributed by atoms with van der Waals surface area (Å²) in [4.78, 5) is 13.8. The first kappa shape index (κ1) is 19.5. The van der Waals surface area contributed by atoms with Gasteiger partial charge in [-0.05, 0) is 34.1 Å². The van der Waals surface area contributed by atoms with Gasteiger partial charge in [-0.25, -0.2) is 0 Å². The molecular weight excluding hydrogens is 422 g/mol. The van der Waals surface area contributed by atoms with E-state index in [1.54, 1.807) is 23.1 Å². The zero-order valence-electron chi connectivity index (χ0n) is 13.4. The molecule has 1 aliphatic heterocycles. The molecule has 1 aromatic rings. The zero-order valence-corrected chi connectivity index (χ0v) is 16.6. The first-order chi connectivity index (χ1) is 11.2. The zero-order chi connectivity index (χ0) is 17.9. The molecule has 1 aliphatic rings. The van der Waals surface area contributed by atoms with E-state index in [-0.39, 0.29) is 25.6 Å². The van der Waals surface area contributed by atoms with Crippen LogP contribution in [0.1, 0.15) is 0 Å². The molecule has 0 N–H and O–H groups in total. The monoisotopic (exact) mass is 439 g/mol. The summed E-state index contributed by atoms with van der Waals surface area (Å²) in [5, 5.41) is 0.568. The SMILES string of the molecule is CN(C)S(=O)(=O)N1CCN(C(=O)COc2ccc(Cl)cc2Br)CC1. The van der Waals surface area contributed by atoms with Crippen molar-refractivity contribution in [2.45, 2.75) is 0 Å². The van der Waals surface area contributed by atoms with E-state index in [9.17, 15) is 13.2 Å². The Labute approximate surface area is 155 Å². The number of ether oxygens (including phenoxy) is 1. The van der Waals surface area contributed by atoms with Gasteiger partial charge in [-0.1, -0.05) is 11.6 Å². The molecule has 24 heavy (non-hydrogen) atoms. The lowest BCUT2D eigenvalue weighted by molar-refractivity contribution is -0.134. The van der Waals surface area contributed by atoms with Crippen molar-refractivity contribution in [2.24, 2.45) is 0 Å². The van der Waals surface area contributed by atoms with E-state index >= 15 is 0 Å². The average molecular weight is 441 g/mol. The predicted octanol–water partition coefficient (Wildman–Crippen LogP) is 1.43. The van der Waals surface area contributed by atoms with Crippen LogP contribution in [0.3, 0.4) is 0 Å². The van der Waals surface area contributed by atoms with Crippen molar-refractivity contribution in [1.29, 1.82) is 0 Å². The Morgan fingerprint density at radius 2 is 1.92 bits per heavy atom. The molecule has 134 valence electrons. The molecular formula is C14H19BrClN3O4S. The second-order valence-electron chi connectivity index (χ2n) is 5.43. The number of hydrogen-bond acceptors (Lipinski definition) is 4. The molecule has 0 aromatic heterocycles. The second kappa shape index (κ2) is 8.01. The van der Waals surface area contributed by atoms with Crippen molar-refractivity contribution < 1.29 is 17.9 Å². The van der Waals surface area contributed by atoms with Crippen molar-refractivity contribution in [2.75, 3.05) is 46.9 Å². The van der Waals surface area contributed by atoms with Crippen LogP contribution < -0.4 is 4.74 Å². The minimum absolute atomic E-state index is 0.110. The largest absolute Gasteiger partial charge is 0.483 e. The van der Waals surface area contributed by atoms with Gasteiger partial charge in [0.25, 0.3) is 16.1 Å². The minimum atomic E-state index is -3.44.